The Morgan fingerprint density at radius 2 is 1.71 bits per heavy atom. The maximum atomic E-state index is 13.1. The maximum absolute atomic E-state index is 13.1. The van der Waals surface area contributed by atoms with E-state index in [-0.39, 0.29) is 18.4 Å². The first-order chi connectivity index (χ1) is 16.2. The quantitative estimate of drug-likeness (QED) is 0.482. The highest BCUT2D eigenvalue weighted by Crippen LogP contribution is 2.38. The lowest BCUT2D eigenvalue weighted by atomic mass is 9.92. The van der Waals surface area contributed by atoms with Crippen molar-refractivity contribution in [2.45, 2.75) is 27.7 Å². The van der Waals surface area contributed by atoms with Crippen LogP contribution in [-0.4, -0.2) is 25.0 Å². The third-order valence-corrected chi connectivity index (χ3v) is 5.56. The molecular weight excluding hydrogens is 428 g/mol. The summed E-state index contributed by atoms with van der Waals surface area (Å²) < 4.78 is 11.8. The van der Waals surface area contributed by atoms with Gasteiger partial charge in [0.25, 0.3) is 5.91 Å². The largest absolute Gasteiger partial charge is 0.490 e. The molecule has 0 aliphatic carbocycles. The predicted octanol–water partition coefficient (Wildman–Crippen LogP) is 6.14. The zero-order valence-electron chi connectivity index (χ0n) is 20.0. The predicted molar refractivity (Wildman–Crippen MR) is 134 cm³/mol. The second kappa shape index (κ2) is 9.59. The van der Waals surface area contributed by atoms with Crippen LogP contribution in [0.5, 0.6) is 17.2 Å². The molecule has 1 N–H and O–H groups in total. The first-order valence-corrected chi connectivity index (χ1v) is 11.5. The van der Waals surface area contributed by atoms with Gasteiger partial charge in [0, 0.05) is 23.9 Å². The fourth-order valence-corrected chi connectivity index (χ4v) is 3.77. The number of rotatable bonds is 6. The Kier molecular flexibility index (Phi) is 6.59. The molecule has 0 bridgehead atoms. The lowest BCUT2D eigenvalue weighted by molar-refractivity contribution is -0.127. The van der Waals surface area contributed by atoms with Gasteiger partial charge in [0.1, 0.15) is 23.9 Å². The minimum atomic E-state index is -0.638. The molecule has 3 aromatic rings. The standard InChI is InChI=1S/C28H30N2O4/c1-19(2)17-30-24-15-12-21(16-25(24)33-18-28(3,4)27(30)32)29-26(31)20-10-13-23(14-11-20)34-22-8-6-5-7-9-22/h5-16,19H,17-18H2,1-4H3,(H,29,31). The van der Waals surface area contributed by atoms with Gasteiger partial charge in [0.15, 0.2) is 0 Å². The van der Waals surface area contributed by atoms with E-state index in [0.717, 1.165) is 11.4 Å². The summed E-state index contributed by atoms with van der Waals surface area (Å²) in [6.07, 6.45) is 0. The van der Waals surface area contributed by atoms with E-state index in [1.807, 2.05) is 50.2 Å². The maximum Gasteiger partial charge on any atom is 0.255 e. The molecule has 0 saturated carbocycles. The van der Waals surface area contributed by atoms with E-state index < -0.39 is 5.41 Å². The number of fused-ring (bicyclic) bond motifs is 1. The summed E-state index contributed by atoms with van der Waals surface area (Å²) >= 11 is 0. The summed E-state index contributed by atoms with van der Waals surface area (Å²) in [5.41, 5.74) is 1.20. The molecule has 1 heterocycles. The van der Waals surface area contributed by atoms with Gasteiger partial charge in [-0.25, -0.2) is 0 Å². The van der Waals surface area contributed by atoms with Crippen LogP contribution in [0.2, 0.25) is 0 Å². The van der Waals surface area contributed by atoms with Crippen molar-refractivity contribution in [2.75, 3.05) is 23.4 Å². The molecule has 4 rings (SSSR count). The average Bonchev–Trinajstić information content (AvgIpc) is 2.90. The van der Waals surface area contributed by atoms with Gasteiger partial charge in [-0.05, 0) is 68.3 Å². The Balaban J connectivity index is 1.50. The molecule has 0 atom stereocenters. The van der Waals surface area contributed by atoms with Crippen molar-refractivity contribution in [3.8, 4) is 17.2 Å². The second-order valence-electron chi connectivity index (χ2n) is 9.56. The number of amides is 2. The summed E-state index contributed by atoms with van der Waals surface area (Å²) in [4.78, 5) is 27.7. The SMILES string of the molecule is CC(C)CN1C(=O)C(C)(C)COc2cc(NC(=O)c3ccc(Oc4ccccc4)cc3)ccc21. The zero-order chi connectivity index (χ0) is 24.3. The highest BCUT2D eigenvalue weighted by molar-refractivity contribution is 6.05. The summed E-state index contributed by atoms with van der Waals surface area (Å²) in [5.74, 6) is 2.07. The first-order valence-electron chi connectivity index (χ1n) is 11.5. The first kappa shape index (κ1) is 23.4. The Morgan fingerprint density at radius 3 is 2.38 bits per heavy atom. The molecule has 34 heavy (non-hydrogen) atoms. The van der Waals surface area contributed by atoms with Crippen LogP contribution < -0.4 is 19.7 Å². The molecule has 176 valence electrons. The van der Waals surface area contributed by atoms with Gasteiger partial charge in [-0.3, -0.25) is 9.59 Å². The van der Waals surface area contributed by atoms with Crippen molar-refractivity contribution in [3.63, 3.8) is 0 Å². The van der Waals surface area contributed by atoms with Gasteiger partial charge in [-0.1, -0.05) is 32.0 Å². The van der Waals surface area contributed by atoms with Crippen LogP contribution in [0.25, 0.3) is 0 Å². The van der Waals surface area contributed by atoms with Crippen molar-refractivity contribution in [1.82, 2.24) is 0 Å². The van der Waals surface area contributed by atoms with E-state index in [1.54, 1.807) is 41.3 Å². The van der Waals surface area contributed by atoms with Crippen LogP contribution in [-0.2, 0) is 4.79 Å². The van der Waals surface area contributed by atoms with Crippen molar-refractivity contribution < 1.29 is 19.1 Å². The monoisotopic (exact) mass is 458 g/mol. The number of carbonyl (C=O) groups excluding carboxylic acids is 2. The van der Waals surface area contributed by atoms with Crippen LogP contribution >= 0.6 is 0 Å². The number of benzene rings is 3. The molecule has 1 aliphatic rings. The van der Waals surface area contributed by atoms with Crippen molar-refractivity contribution in [2.24, 2.45) is 11.3 Å². The fourth-order valence-electron chi connectivity index (χ4n) is 3.77. The lowest BCUT2D eigenvalue weighted by Crippen LogP contribution is -2.43. The van der Waals surface area contributed by atoms with Gasteiger partial charge in [-0.15, -0.1) is 0 Å². The molecular formula is C28H30N2O4. The topological polar surface area (TPSA) is 67.9 Å². The minimum absolute atomic E-state index is 0.0366. The van der Waals surface area contributed by atoms with E-state index in [2.05, 4.69) is 19.2 Å². The average molecular weight is 459 g/mol. The van der Waals surface area contributed by atoms with Gasteiger partial charge in [-0.2, -0.15) is 0 Å². The van der Waals surface area contributed by atoms with E-state index >= 15 is 0 Å². The van der Waals surface area contributed by atoms with Crippen LogP contribution in [0.15, 0.2) is 72.8 Å². The van der Waals surface area contributed by atoms with Crippen molar-refractivity contribution in [3.05, 3.63) is 78.4 Å². The molecule has 6 heteroatoms. The smallest absolute Gasteiger partial charge is 0.255 e. The fraction of sp³-hybridized carbons (Fsp3) is 0.286. The van der Waals surface area contributed by atoms with E-state index in [0.29, 0.717) is 35.2 Å². The Bertz CT molecular complexity index is 1170. The van der Waals surface area contributed by atoms with Gasteiger partial charge < -0.3 is 19.7 Å². The minimum Gasteiger partial charge on any atom is -0.490 e. The lowest BCUT2D eigenvalue weighted by Gasteiger charge is -2.29. The molecule has 0 saturated heterocycles. The van der Waals surface area contributed by atoms with Gasteiger partial charge in [0.2, 0.25) is 5.91 Å². The molecule has 0 aromatic heterocycles. The van der Waals surface area contributed by atoms with Crippen molar-refractivity contribution in [1.29, 1.82) is 0 Å². The van der Waals surface area contributed by atoms with Crippen LogP contribution in [0.4, 0.5) is 11.4 Å². The molecule has 0 fully saturated rings. The van der Waals surface area contributed by atoms with Crippen LogP contribution in [0.1, 0.15) is 38.1 Å². The summed E-state index contributed by atoms with van der Waals surface area (Å²) in [5, 5.41) is 2.92. The number of carbonyl (C=O) groups is 2. The molecule has 6 nitrogen and oxygen atoms in total. The van der Waals surface area contributed by atoms with E-state index in [4.69, 9.17) is 9.47 Å². The molecule has 3 aromatic carbocycles. The molecule has 0 radical (unpaired) electrons. The Morgan fingerprint density at radius 1 is 1.03 bits per heavy atom. The number of anilines is 2. The van der Waals surface area contributed by atoms with Crippen LogP contribution in [0, 0.1) is 11.3 Å². The van der Waals surface area contributed by atoms with Gasteiger partial charge >= 0.3 is 0 Å². The highest BCUT2D eigenvalue weighted by Gasteiger charge is 2.38. The molecule has 0 unspecified atom stereocenters. The van der Waals surface area contributed by atoms with E-state index in [9.17, 15) is 9.59 Å². The number of para-hydroxylation sites is 1. The molecule has 0 spiro atoms. The zero-order valence-corrected chi connectivity index (χ0v) is 20.0. The Labute approximate surface area is 200 Å². The summed E-state index contributed by atoms with van der Waals surface area (Å²) in [6, 6.07) is 21.9. The van der Waals surface area contributed by atoms with Crippen LogP contribution in [0.3, 0.4) is 0 Å². The number of nitrogens with one attached hydrogen (secondary N) is 1. The number of ether oxygens (including phenoxy) is 2. The van der Waals surface area contributed by atoms with E-state index in [1.165, 1.54) is 0 Å². The number of nitrogens with zero attached hydrogens (tertiary/aromatic N) is 1. The summed E-state index contributed by atoms with van der Waals surface area (Å²) in [7, 11) is 0. The number of hydrogen-bond donors (Lipinski definition) is 1. The highest BCUT2D eigenvalue weighted by atomic mass is 16.5. The summed E-state index contributed by atoms with van der Waals surface area (Å²) in [6.45, 7) is 8.81. The number of hydrogen-bond acceptors (Lipinski definition) is 4. The second-order valence-corrected chi connectivity index (χ2v) is 9.56. The normalized spacial score (nSPS) is 14.7. The molecule has 1 aliphatic heterocycles. The van der Waals surface area contributed by atoms with Crippen molar-refractivity contribution >= 4 is 23.2 Å². The van der Waals surface area contributed by atoms with Gasteiger partial charge in [0.05, 0.1) is 11.1 Å². The molecule has 2 amide bonds. The third kappa shape index (κ3) is 5.22. The third-order valence-electron chi connectivity index (χ3n) is 5.56. The Hall–Kier alpha value is -3.80.